The van der Waals surface area contributed by atoms with Gasteiger partial charge in [0.2, 0.25) is 5.91 Å². The van der Waals surface area contributed by atoms with E-state index in [0.29, 0.717) is 12.3 Å². The summed E-state index contributed by atoms with van der Waals surface area (Å²) in [6, 6.07) is 10.4. The summed E-state index contributed by atoms with van der Waals surface area (Å²) in [5, 5.41) is 5.14. The maximum atomic E-state index is 12.3. The number of thiophene rings is 1. The number of hydrogen-bond acceptors (Lipinski definition) is 3. The monoisotopic (exact) mass is 427 g/mol. The maximum Gasteiger partial charge on any atom is 0.224 e. The van der Waals surface area contributed by atoms with Crippen LogP contribution in [0.2, 0.25) is 0 Å². The quantitative estimate of drug-likeness (QED) is 0.714. The Kier molecular flexibility index (Phi) is 5.49. The zero-order valence-corrected chi connectivity index (χ0v) is 15.2. The summed E-state index contributed by atoms with van der Waals surface area (Å²) in [6.45, 7) is 1.56. The van der Waals surface area contributed by atoms with Crippen LogP contribution in [-0.4, -0.2) is 19.1 Å². The number of nitrogens with one attached hydrogen (secondary N) is 1. The second-order valence-electron chi connectivity index (χ2n) is 5.48. The molecule has 1 saturated heterocycles. The van der Waals surface area contributed by atoms with Crippen LogP contribution in [-0.2, 0) is 9.53 Å². The van der Waals surface area contributed by atoms with E-state index in [-0.39, 0.29) is 5.91 Å². The van der Waals surface area contributed by atoms with E-state index in [4.69, 9.17) is 4.74 Å². The molecule has 2 heterocycles. The fraction of sp³-hybridized carbons (Fsp3) is 0.353. The van der Waals surface area contributed by atoms with Gasteiger partial charge in [-0.2, -0.15) is 0 Å². The van der Waals surface area contributed by atoms with Crippen molar-refractivity contribution in [1.29, 1.82) is 0 Å². The van der Waals surface area contributed by atoms with Crippen LogP contribution >= 0.6 is 33.9 Å². The number of amides is 1. The molecule has 0 bridgehead atoms. The van der Waals surface area contributed by atoms with Crippen LogP contribution in [0.3, 0.4) is 0 Å². The molecule has 3 nitrogen and oxygen atoms in total. The highest BCUT2D eigenvalue weighted by molar-refractivity contribution is 14.1. The molecule has 0 atom stereocenters. The van der Waals surface area contributed by atoms with Gasteiger partial charge in [0.05, 0.1) is 5.69 Å². The van der Waals surface area contributed by atoms with Gasteiger partial charge in [0.1, 0.15) is 0 Å². The van der Waals surface area contributed by atoms with Gasteiger partial charge in [0, 0.05) is 28.1 Å². The van der Waals surface area contributed by atoms with E-state index in [2.05, 4.69) is 57.6 Å². The van der Waals surface area contributed by atoms with Gasteiger partial charge in [-0.3, -0.25) is 4.79 Å². The summed E-state index contributed by atoms with van der Waals surface area (Å²) >= 11 is 3.98. The van der Waals surface area contributed by atoms with Gasteiger partial charge in [0.15, 0.2) is 0 Å². The van der Waals surface area contributed by atoms with Gasteiger partial charge in [-0.1, -0.05) is 12.1 Å². The molecular weight excluding hydrogens is 409 g/mol. The third kappa shape index (κ3) is 4.08. The Balaban J connectivity index is 1.68. The summed E-state index contributed by atoms with van der Waals surface area (Å²) in [4.78, 5) is 13.5. The second-order valence-corrected chi connectivity index (χ2v) is 7.59. The lowest BCUT2D eigenvalue weighted by Crippen LogP contribution is -2.22. The fourth-order valence-corrected chi connectivity index (χ4v) is 3.83. The van der Waals surface area contributed by atoms with Crippen LogP contribution in [0, 0.1) is 9.49 Å². The predicted molar refractivity (Wildman–Crippen MR) is 99.3 cm³/mol. The maximum absolute atomic E-state index is 12.3. The normalized spacial score (nSPS) is 15.7. The van der Waals surface area contributed by atoms with Crippen LogP contribution in [0.1, 0.15) is 19.3 Å². The number of carbonyl (C=O) groups excluding carboxylic acids is 1. The topological polar surface area (TPSA) is 38.3 Å². The zero-order valence-electron chi connectivity index (χ0n) is 12.2. The third-order valence-electron chi connectivity index (χ3n) is 3.86. The lowest BCUT2D eigenvalue weighted by atomic mass is 9.96. The Morgan fingerprint density at radius 3 is 2.86 bits per heavy atom. The number of halogens is 1. The van der Waals surface area contributed by atoms with E-state index in [1.807, 2.05) is 6.07 Å². The minimum absolute atomic E-state index is 0.105. The second kappa shape index (κ2) is 7.57. The molecule has 1 aliphatic heterocycles. The van der Waals surface area contributed by atoms with Gasteiger partial charge < -0.3 is 10.1 Å². The molecule has 0 unspecified atom stereocenters. The molecule has 2 aromatic rings. The molecule has 1 amide bonds. The Morgan fingerprint density at radius 2 is 2.14 bits per heavy atom. The van der Waals surface area contributed by atoms with E-state index in [1.165, 1.54) is 4.88 Å². The van der Waals surface area contributed by atoms with Crippen molar-refractivity contribution in [3.63, 3.8) is 0 Å². The van der Waals surface area contributed by atoms with Gasteiger partial charge >= 0.3 is 0 Å². The van der Waals surface area contributed by atoms with Crippen LogP contribution in [0.15, 0.2) is 35.7 Å². The zero-order chi connectivity index (χ0) is 15.4. The average molecular weight is 427 g/mol. The van der Waals surface area contributed by atoms with Crippen molar-refractivity contribution in [3.8, 4) is 10.4 Å². The smallest absolute Gasteiger partial charge is 0.224 e. The SMILES string of the molecule is O=C(CC1CCOCC1)Nc1cc(-c2cccs2)ccc1I. The molecule has 0 aliphatic carbocycles. The Hall–Kier alpha value is -0.920. The van der Waals surface area contributed by atoms with Crippen molar-refractivity contribution in [2.75, 3.05) is 18.5 Å². The minimum Gasteiger partial charge on any atom is -0.381 e. The minimum atomic E-state index is 0.105. The standard InChI is InChI=1S/C17H18INO2S/c18-14-4-3-13(16-2-1-9-22-16)11-15(14)19-17(20)10-12-5-7-21-8-6-12/h1-4,9,11-12H,5-8,10H2,(H,19,20). The summed E-state index contributed by atoms with van der Waals surface area (Å²) in [7, 11) is 0. The molecule has 0 spiro atoms. The number of hydrogen-bond donors (Lipinski definition) is 1. The number of ether oxygens (including phenoxy) is 1. The third-order valence-corrected chi connectivity index (χ3v) is 5.72. The molecule has 0 radical (unpaired) electrons. The molecular formula is C17H18INO2S. The van der Waals surface area contributed by atoms with E-state index in [9.17, 15) is 4.79 Å². The Labute approximate surface area is 148 Å². The molecule has 0 saturated carbocycles. The highest BCUT2D eigenvalue weighted by Crippen LogP contribution is 2.30. The van der Waals surface area contributed by atoms with Crippen LogP contribution in [0.25, 0.3) is 10.4 Å². The molecule has 22 heavy (non-hydrogen) atoms. The molecule has 116 valence electrons. The summed E-state index contributed by atoms with van der Waals surface area (Å²) in [6.07, 6.45) is 2.56. The summed E-state index contributed by atoms with van der Waals surface area (Å²) in [5.41, 5.74) is 2.06. The van der Waals surface area contributed by atoms with Crippen molar-refractivity contribution in [2.24, 2.45) is 5.92 Å². The van der Waals surface area contributed by atoms with Crippen molar-refractivity contribution in [3.05, 3.63) is 39.3 Å². The lowest BCUT2D eigenvalue weighted by molar-refractivity contribution is -0.117. The van der Waals surface area contributed by atoms with E-state index in [0.717, 1.165) is 40.9 Å². The molecule has 1 aliphatic rings. The number of benzene rings is 1. The first-order chi connectivity index (χ1) is 10.7. The fourth-order valence-electron chi connectivity index (χ4n) is 2.63. The number of rotatable bonds is 4. The highest BCUT2D eigenvalue weighted by atomic mass is 127. The molecule has 1 aromatic carbocycles. The lowest BCUT2D eigenvalue weighted by Gasteiger charge is -2.21. The predicted octanol–water partition coefficient (Wildman–Crippen LogP) is 4.77. The Bertz CT molecular complexity index is 636. The number of anilines is 1. The van der Waals surface area contributed by atoms with Crippen molar-refractivity contribution < 1.29 is 9.53 Å². The first kappa shape index (κ1) is 16.0. The Morgan fingerprint density at radius 1 is 1.32 bits per heavy atom. The highest BCUT2D eigenvalue weighted by Gasteiger charge is 2.18. The largest absolute Gasteiger partial charge is 0.381 e. The van der Waals surface area contributed by atoms with Gasteiger partial charge in [-0.25, -0.2) is 0 Å². The summed E-state index contributed by atoms with van der Waals surface area (Å²) in [5.74, 6) is 0.556. The average Bonchev–Trinajstić information content (AvgIpc) is 3.05. The van der Waals surface area contributed by atoms with E-state index in [1.54, 1.807) is 11.3 Å². The molecule has 1 N–H and O–H groups in total. The number of carbonyl (C=O) groups is 1. The van der Waals surface area contributed by atoms with Crippen LogP contribution < -0.4 is 5.32 Å². The van der Waals surface area contributed by atoms with Gasteiger partial charge in [-0.05, 0) is 70.5 Å². The summed E-state index contributed by atoms with van der Waals surface area (Å²) < 4.78 is 6.41. The van der Waals surface area contributed by atoms with Gasteiger partial charge in [0.25, 0.3) is 0 Å². The van der Waals surface area contributed by atoms with Crippen molar-refractivity contribution in [2.45, 2.75) is 19.3 Å². The van der Waals surface area contributed by atoms with E-state index < -0.39 is 0 Å². The first-order valence-electron chi connectivity index (χ1n) is 7.43. The molecule has 1 aromatic heterocycles. The molecule has 3 rings (SSSR count). The van der Waals surface area contributed by atoms with Crippen molar-refractivity contribution in [1.82, 2.24) is 0 Å². The molecule has 5 heteroatoms. The molecule has 1 fully saturated rings. The van der Waals surface area contributed by atoms with Crippen LogP contribution in [0.5, 0.6) is 0 Å². The first-order valence-corrected chi connectivity index (χ1v) is 9.39. The van der Waals surface area contributed by atoms with E-state index >= 15 is 0 Å². The van der Waals surface area contributed by atoms with Crippen LogP contribution in [0.4, 0.5) is 5.69 Å². The van der Waals surface area contributed by atoms with Gasteiger partial charge in [-0.15, -0.1) is 11.3 Å². The van der Waals surface area contributed by atoms with Crippen molar-refractivity contribution >= 4 is 45.5 Å².